The molecule has 0 amide bonds. The van der Waals surface area contributed by atoms with E-state index in [1.807, 2.05) is 0 Å². The first kappa shape index (κ1) is 15.4. The molecule has 0 radical (unpaired) electrons. The molecule has 0 rings (SSSR count). The Balaban J connectivity index is 3.65. The molecule has 0 saturated heterocycles. The highest BCUT2D eigenvalue weighted by Gasteiger charge is 2.14. The van der Waals surface area contributed by atoms with Gasteiger partial charge in [-0.2, -0.15) is 0 Å². The molecule has 0 aromatic heterocycles. The summed E-state index contributed by atoms with van der Waals surface area (Å²) in [5, 5.41) is 8.72. The maximum Gasteiger partial charge on any atom is 0.303 e. The summed E-state index contributed by atoms with van der Waals surface area (Å²) in [6, 6.07) is 0. The summed E-state index contributed by atoms with van der Waals surface area (Å²) in [4.78, 5) is 10.6. The highest BCUT2D eigenvalue weighted by atomic mass is 16.4. The fourth-order valence-electron chi connectivity index (χ4n) is 2.12. The van der Waals surface area contributed by atoms with E-state index in [4.69, 9.17) is 10.8 Å². The average molecular weight is 229 g/mol. The zero-order valence-corrected chi connectivity index (χ0v) is 10.7. The summed E-state index contributed by atoms with van der Waals surface area (Å²) in [6.45, 7) is 4.91. The molecule has 3 heteroatoms. The molecule has 0 aromatic rings. The molecule has 0 heterocycles. The van der Waals surface area contributed by atoms with Crippen molar-refractivity contribution in [3.63, 3.8) is 0 Å². The van der Waals surface area contributed by atoms with Gasteiger partial charge in [0.2, 0.25) is 0 Å². The highest BCUT2D eigenvalue weighted by Crippen LogP contribution is 2.20. The van der Waals surface area contributed by atoms with Crippen LogP contribution >= 0.6 is 0 Å². The zero-order valence-electron chi connectivity index (χ0n) is 10.7. The summed E-state index contributed by atoms with van der Waals surface area (Å²) in [5.74, 6) is 0.0251. The first-order valence-electron chi connectivity index (χ1n) is 6.52. The van der Waals surface area contributed by atoms with Crippen LogP contribution in [0.5, 0.6) is 0 Å². The van der Waals surface area contributed by atoms with Gasteiger partial charge in [-0.1, -0.05) is 46.0 Å². The van der Waals surface area contributed by atoms with Gasteiger partial charge in [-0.15, -0.1) is 0 Å². The topological polar surface area (TPSA) is 63.3 Å². The summed E-state index contributed by atoms with van der Waals surface area (Å²) in [6.07, 6.45) is 7.51. The summed E-state index contributed by atoms with van der Waals surface area (Å²) < 4.78 is 0. The van der Waals surface area contributed by atoms with Crippen molar-refractivity contribution in [1.29, 1.82) is 0 Å². The summed E-state index contributed by atoms with van der Waals surface area (Å²) >= 11 is 0. The molecular weight excluding hydrogens is 202 g/mol. The maximum atomic E-state index is 10.6. The van der Waals surface area contributed by atoms with E-state index in [9.17, 15) is 4.79 Å². The fraction of sp³-hybridized carbons (Fsp3) is 0.923. The largest absolute Gasteiger partial charge is 0.481 e. The normalized spacial score (nSPS) is 14.7. The minimum atomic E-state index is -0.728. The van der Waals surface area contributed by atoms with E-state index in [1.165, 1.54) is 32.1 Å². The Morgan fingerprint density at radius 3 is 2.50 bits per heavy atom. The van der Waals surface area contributed by atoms with Crippen molar-refractivity contribution >= 4 is 5.97 Å². The molecule has 0 aliphatic heterocycles. The average Bonchev–Trinajstić information content (AvgIpc) is 2.23. The van der Waals surface area contributed by atoms with Crippen LogP contribution in [0.4, 0.5) is 0 Å². The lowest BCUT2D eigenvalue weighted by atomic mass is 9.90. The summed E-state index contributed by atoms with van der Waals surface area (Å²) in [5.41, 5.74) is 5.58. The van der Waals surface area contributed by atoms with E-state index in [-0.39, 0.29) is 12.3 Å². The van der Waals surface area contributed by atoms with Gasteiger partial charge in [0.1, 0.15) is 0 Å². The second-order valence-electron chi connectivity index (χ2n) is 4.89. The van der Waals surface area contributed by atoms with Crippen LogP contribution in [0.3, 0.4) is 0 Å². The van der Waals surface area contributed by atoms with Crippen LogP contribution in [0.1, 0.15) is 58.8 Å². The van der Waals surface area contributed by atoms with Gasteiger partial charge in [0.15, 0.2) is 0 Å². The number of carboxylic acid groups (broad SMARTS) is 1. The Morgan fingerprint density at radius 1 is 1.31 bits per heavy atom. The number of carboxylic acids is 1. The number of hydrogen-bond acceptors (Lipinski definition) is 2. The maximum absolute atomic E-state index is 10.6. The van der Waals surface area contributed by atoms with E-state index in [1.54, 1.807) is 0 Å². The molecule has 0 fully saturated rings. The van der Waals surface area contributed by atoms with E-state index in [2.05, 4.69) is 13.8 Å². The monoisotopic (exact) mass is 229 g/mol. The third-order valence-electron chi connectivity index (χ3n) is 3.08. The van der Waals surface area contributed by atoms with E-state index in [0.717, 1.165) is 6.42 Å². The fourth-order valence-corrected chi connectivity index (χ4v) is 2.12. The van der Waals surface area contributed by atoms with Crippen LogP contribution in [-0.2, 0) is 4.79 Å². The molecule has 0 saturated carbocycles. The van der Waals surface area contributed by atoms with Crippen molar-refractivity contribution in [2.45, 2.75) is 58.8 Å². The van der Waals surface area contributed by atoms with Gasteiger partial charge in [-0.3, -0.25) is 4.79 Å². The molecule has 3 N–H and O–H groups in total. The third kappa shape index (κ3) is 8.72. The Labute approximate surface area is 99.4 Å². The lowest BCUT2D eigenvalue weighted by Crippen LogP contribution is -2.20. The van der Waals surface area contributed by atoms with Crippen molar-refractivity contribution in [2.24, 2.45) is 17.6 Å². The lowest BCUT2D eigenvalue weighted by Gasteiger charge is -2.17. The highest BCUT2D eigenvalue weighted by molar-refractivity contribution is 5.67. The molecule has 0 spiro atoms. The molecule has 96 valence electrons. The zero-order chi connectivity index (χ0) is 12.4. The predicted molar refractivity (Wildman–Crippen MR) is 67.3 cm³/mol. The minimum absolute atomic E-state index is 0.152. The minimum Gasteiger partial charge on any atom is -0.481 e. The predicted octanol–water partition coefficient (Wildman–Crippen LogP) is 3.03. The van der Waals surface area contributed by atoms with Gasteiger partial charge in [0.05, 0.1) is 0 Å². The first-order chi connectivity index (χ1) is 7.60. The van der Waals surface area contributed by atoms with Crippen LogP contribution < -0.4 is 5.73 Å². The van der Waals surface area contributed by atoms with Gasteiger partial charge in [-0.05, 0) is 24.8 Å². The van der Waals surface area contributed by atoms with Crippen molar-refractivity contribution in [3.8, 4) is 0 Å². The Bertz CT molecular complexity index is 183. The van der Waals surface area contributed by atoms with Gasteiger partial charge in [0, 0.05) is 6.42 Å². The standard InChI is InChI=1S/C13H27NO2/c1-3-4-5-6-7-11(2)8-12(10-14)9-13(15)16/h11-12H,3-10,14H2,1-2H3,(H,15,16)/t11-,12+/m1/s1. The van der Waals surface area contributed by atoms with Crippen molar-refractivity contribution in [1.82, 2.24) is 0 Å². The first-order valence-corrected chi connectivity index (χ1v) is 6.52. The Morgan fingerprint density at radius 2 is 2.00 bits per heavy atom. The summed E-state index contributed by atoms with van der Waals surface area (Å²) in [7, 11) is 0. The van der Waals surface area contributed by atoms with Crippen LogP contribution in [-0.4, -0.2) is 17.6 Å². The van der Waals surface area contributed by atoms with E-state index in [0.29, 0.717) is 12.5 Å². The molecule has 2 atom stereocenters. The van der Waals surface area contributed by atoms with Gasteiger partial charge in [0.25, 0.3) is 0 Å². The van der Waals surface area contributed by atoms with Crippen LogP contribution in [0.25, 0.3) is 0 Å². The molecule has 16 heavy (non-hydrogen) atoms. The number of carbonyl (C=O) groups is 1. The second kappa shape index (κ2) is 9.64. The molecule has 0 unspecified atom stereocenters. The number of hydrogen-bond donors (Lipinski definition) is 2. The van der Waals surface area contributed by atoms with Crippen LogP contribution in [0.2, 0.25) is 0 Å². The van der Waals surface area contributed by atoms with Crippen molar-refractivity contribution in [2.75, 3.05) is 6.54 Å². The van der Waals surface area contributed by atoms with Gasteiger partial charge < -0.3 is 10.8 Å². The van der Waals surface area contributed by atoms with E-state index >= 15 is 0 Å². The van der Waals surface area contributed by atoms with E-state index < -0.39 is 5.97 Å². The number of nitrogens with two attached hydrogens (primary N) is 1. The quantitative estimate of drug-likeness (QED) is 0.566. The SMILES string of the molecule is CCCCCC[C@@H](C)C[C@H](CN)CC(=O)O. The van der Waals surface area contributed by atoms with Gasteiger partial charge in [-0.25, -0.2) is 0 Å². The van der Waals surface area contributed by atoms with Crippen LogP contribution in [0, 0.1) is 11.8 Å². The second-order valence-corrected chi connectivity index (χ2v) is 4.89. The number of rotatable bonds is 10. The number of aliphatic carboxylic acids is 1. The number of unbranched alkanes of at least 4 members (excludes halogenated alkanes) is 3. The third-order valence-corrected chi connectivity index (χ3v) is 3.08. The molecule has 0 bridgehead atoms. The molecule has 0 aromatic carbocycles. The Kier molecular flexibility index (Phi) is 9.30. The van der Waals surface area contributed by atoms with Crippen LogP contribution in [0.15, 0.2) is 0 Å². The molecule has 3 nitrogen and oxygen atoms in total. The molecule has 0 aliphatic rings. The van der Waals surface area contributed by atoms with Gasteiger partial charge >= 0.3 is 5.97 Å². The Hall–Kier alpha value is -0.570. The van der Waals surface area contributed by atoms with Crippen molar-refractivity contribution < 1.29 is 9.90 Å². The van der Waals surface area contributed by atoms with Crippen molar-refractivity contribution in [3.05, 3.63) is 0 Å². The molecular formula is C13H27NO2. The lowest BCUT2D eigenvalue weighted by molar-refractivity contribution is -0.138. The smallest absolute Gasteiger partial charge is 0.303 e. The molecule has 0 aliphatic carbocycles.